The summed E-state index contributed by atoms with van der Waals surface area (Å²) in [5, 5.41) is 7.78. The average Bonchev–Trinajstić information content (AvgIpc) is 2.82. The molecule has 100 valence electrons. The zero-order valence-electron chi connectivity index (χ0n) is 10.3. The molecular formula is C12H14ClN5O. The Labute approximate surface area is 115 Å². The molecule has 19 heavy (non-hydrogen) atoms. The van der Waals surface area contributed by atoms with E-state index < -0.39 is 0 Å². The Bertz CT molecular complexity index is 538. The summed E-state index contributed by atoms with van der Waals surface area (Å²) in [5.41, 5.74) is 1.50. The number of H-pyrrole nitrogens is 1. The first-order valence-corrected chi connectivity index (χ1v) is 6.52. The predicted octanol–water partition coefficient (Wildman–Crippen LogP) is 1.35. The Morgan fingerprint density at radius 3 is 2.74 bits per heavy atom. The number of nitrogens with zero attached hydrogens (tertiary/aromatic N) is 4. The lowest BCUT2D eigenvalue weighted by Crippen LogP contribution is -2.35. The van der Waals surface area contributed by atoms with Crippen molar-refractivity contribution >= 4 is 11.6 Å². The van der Waals surface area contributed by atoms with E-state index in [1.807, 2.05) is 0 Å². The fraction of sp³-hybridized carbons (Fsp3) is 0.417. The van der Waals surface area contributed by atoms with Gasteiger partial charge in [0.25, 0.3) is 0 Å². The maximum Gasteiger partial charge on any atom is 0.181 e. The molecule has 0 saturated carbocycles. The number of aromatic nitrogens is 4. The van der Waals surface area contributed by atoms with Gasteiger partial charge in [0, 0.05) is 32.0 Å². The van der Waals surface area contributed by atoms with Crippen LogP contribution in [0.3, 0.4) is 0 Å². The molecule has 3 heterocycles. The van der Waals surface area contributed by atoms with E-state index in [0.717, 1.165) is 38.5 Å². The highest BCUT2D eigenvalue weighted by molar-refractivity contribution is 6.33. The number of morpholine rings is 1. The Hall–Kier alpha value is -1.50. The number of halogens is 1. The number of aromatic amines is 1. The van der Waals surface area contributed by atoms with Gasteiger partial charge < -0.3 is 4.74 Å². The summed E-state index contributed by atoms with van der Waals surface area (Å²) in [6.45, 7) is 4.09. The molecule has 6 nitrogen and oxygen atoms in total. The molecule has 0 radical (unpaired) electrons. The van der Waals surface area contributed by atoms with Crippen LogP contribution in [-0.4, -0.2) is 51.4 Å². The first-order valence-electron chi connectivity index (χ1n) is 6.15. The van der Waals surface area contributed by atoms with Crippen LogP contribution in [0.15, 0.2) is 18.5 Å². The van der Waals surface area contributed by atoms with E-state index in [1.54, 1.807) is 18.5 Å². The maximum atomic E-state index is 6.35. The van der Waals surface area contributed by atoms with Gasteiger partial charge in [-0.05, 0) is 6.07 Å². The molecule has 2 aromatic heterocycles. The van der Waals surface area contributed by atoms with Crippen LogP contribution in [0.25, 0.3) is 11.5 Å². The van der Waals surface area contributed by atoms with Crippen LogP contribution in [-0.2, 0) is 11.3 Å². The Balaban J connectivity index is 1.79. The molecule has 1 fully saturated rings. The molecule has 0 aliphatic carbocycles. The molecule has 1 aliphatic rings. The number of hydrogen-bond donors (Lipinski definition) is 1. The van der Waals surface area contributed by atoms with Gasteiger partial charge in [0.1, 0.15) is 5.69 Å². The summed E-state index contributed by atoms with van der Waals surface area (Å²) in [5.74, 6) is 0.539. The third kappa shape index (κ3) is 2.75. The van der Waals surface area contributed by atoms with Crippen molar-refractivity contribution in [3.05, 3.63) is 29.2 Å². The maximum absolute atomic E-state index is 6.35. The van der Waals surface area contributed by atoms with Crippen molar-refractivity contribution in [3.8, 4) is 11.5 Å². The minimum Gasteiger partial charge on any atom is -0.379 e. The van der Waals surface area contributed by atoms with Crippen LogP contribution in [0, 0.1) is 0 Å². The van der Waals surface area contributed by atoms with Crippen molar-refractivity contribution in [2.24, 2.45) is 0 Å². The lowest BCUT2D eigenvalue weighted by atomic mass is 10.3. The number of hydrogen-bond acceptors (Lipinski definition) is 5. The van der Waals surface area contributed by atoms with Crippen molar-refractivity contribution in [2.45, 2.75) is 6.54 Å². The molecule has 0 aromatic carbocycles. The standard InChI is InChI=1S/C12H14ClN5O/c13-10-9(8-18-4-6-19-7-5-18)16-17-11(10)12-14-2-1-3-15-12/h1-3H,4-8H2,(H,16,17). The highest BCUT2D eigenvalue weighted by Gasteiger charge is 2.18. The molecular weight excluding hydrogens is 266 g/mol. The molecule has 0 amide bonds. The van der Waals surface area contributed by atoms with Gasteiger partial charge in [-0.15, -0.1) is 0 Å². The van der Waals surface area contributed by atoms with E-state index in [1.165, 1.54) is 0 Å². The molecule has 1 N–H and O–H groups in total. The fourth-order valence-electron chi connectivity index (χ4n) is 2.02. The summed E-state index contributed by atoms with van der Waals surface area (Å²) in [4.78, 5) is 10.6. The second kappa shape index (κ2) is 5.64. The first-order chi connectivity index (χ1) is 9.34. The highest BCUT2D eigenvalue weighted by atomic mass is 35.5. The normalized spacial score (nSPS) is 16.7. The van der Waals surface area contributed by atoms with Gasteiger partial charge >= 0.3 is 0 Å². The molecule has 0 spiro atoms. The zero-order chi connectivity index (χ0) is 13.1. The van der Waals surface area contributed by atoms with Gasteiger partial charge in [-0.1, -0.05) is 11.6 Å². The summed E-state index contributed by atoms with van der Waals surface area (Å²) in [6, 6.07) is 1.76. The summed E-state index contributed by atoms with van der Waals surface area (Å²) >= 11 is 6.35. The lowest BCUT2D eigenvalue weighted by Gasteiger charge is -2.25. The van der Waals surface area contributed by atoms with E-state index in [-0.39, 0.29) is 0 Å². The molecule has 3 rings (SSSR count). The van der Waals surface area contributed by atoms with Crippen LogP contribution in [0.1, 0.15) is 5.69 Å². The van der Waals surface area contributed by atoms with Gasteiger partial charge in [0.05, 0.1) is 23.9 Å². The van der Waals surface area contributed by atoms with Crippen molar-refractivity contribution in [2.75, 3.05) is 26.3 Å². The minimum absolute atomic E-state index is 0.539. The van der Waals surface area contributed by atoms with E-state index in [2.05, 4.69) is 25.1 Å². The average molecular weight is 280 g/mol. The largest absolute Gasteiger partial charge is 0.379 e. The van der Waals surface area contributed by atoms with Gasteiger partial charge in [0.15, 0.2) is 5.82 Å². The van der Waals surface area contributed by atoms with Gasteiger partial charge in [-0.3, -0.25) is 10.00 Å². The predicted molar refractivity (Wildman–Crippen MR) is 70.7 cm³/mol. The zero-order valence-corrected chi connectivity index (χ0v) is 11.1. The van der Waals surface area contributed by atoms with E-state index in [0.29, 0.717) is 16.5 Å². The van der Waals surface area contributed by atoms with Gasteiger partial charge in [0.2, 0.25) is 0 Å². The fourth-order valence-corrected chi connectivity index (χ4v) is 2.25. The van der Waals surface area contributed by atoms with E-state index in [9.17, 15) is 0 Å². The highest BCUT2D eigenvalue weighted by Crippen LogP contribution is 2.26. The second-order valence-electron chi connectivity index (χ2n) is 4.33. The Kier molecular flexibility index (Phi) is 3.72. The SMILES string of the molecule is Clc1c(-c2ncccn2)n[nH]c1CN1CCOCC1. The van der Waals surface area contributed by atoms with Crippen LogP contribution in [0.4, 0.5) is 0 Å². The summed E-state index contributed by atoms with van der Waals surface area (Å²) in [7, 11) is 0. The second-order valence-corrected chi connectivity index (χ2v) is 4.70. The van der Waals surface area contributed by atoms with Gasteiger partial charge in [-0.25, -0.2) is 9.97 Å². The number of rotatable bonds is 3. The molecule has 0 atom stereocenters. The topological polar surface area (TPSA) is 66.9 Å². The number of ether oxygens (including phenoxy) is 1. The first kappa shape index (κ1) is 12.5. The molecule has 1 aliphatic heterocycles. The quantitative estimate of drug-likeness (QED) is 0.919. The molecule has 7 heteroatoms. The smallest absolute Gasteiger partial charge is 0.181 e. The van der Waals surface area contributed by atoms with Crippen LogP contribution >= 0.6 is 11.6 Å². The van der Waals surface area contributed by atoms with Crippen LogP contribution in [0.5, 0.6) is 0 Å². The van der Waals surface area contributed by atoms with Crippen LogP contribution < -0.4 is 0 Å². The van der Waals surface area contributed by atoms with Crippen molar-refractivity contribution in [3.63, 3.8) is 0 Å². The molecule has 2 aromatic rings. The van der Waals surface area contributed by atoms with Crippen molar-refractivity contribution < 1.29 is 4.74 Å². The van der Waals surface area contributed by atoms with Gasteiger partial charge in [-0.2, -0.15) is 5.10 Å². The van der Waals surface area contributed by atoms with E-state index in [4.69, 9.17) is 16.3 Å². The summed E-state index contributed by atoms with van der Waals surface area (Å²) in [6.07, 6.45) is 3.35. The molecule has 0 bridgehead atoms. The Morgan fingerprint density at radius 1 is 1.26 bits per heavy atom. The van der Waals surface area contributed by atoms with Crippen LogP contribution in [0.2, 0.25) is 5.02 Å². The van der Waals surface area contributed by atoms with Crippen molar-refractivity contribution in [1.29, 1.82) is 0 Å². The lowest BCUT2D eigenvalue weighted by molar-refractivity contribution is 0.0336. The third-order valence-corrected chi connectivity index (χ3v) is 3.45. The summed E-state index contributed by atoms with van der Waals surface area (Å²) < 4.78 is 5.32. The Morgan fingerprint density at radius 2 is 2.00 bits per heavy atom. The molecule has 1 saturated heterocycles. The third-order valence-electron chi connectivity index (χ3n) is 3.04. The van der Waals surface area contributed by atoms with Crippen molar-refractivity contribution in [1.82, 2.24) is 25.1 Å². The number of nitrogens with one attached hydrogen (secondary N) is 1. The monoisotopic (exact) mass is 279 g/mol. The minimum atomic E-state index is 0.539. The molecule has 0 unspecified atom stereocenters. The van der Waals surface area contributed by atoms with E-state index >= 15 is 0 Å².